The fourth-order valence-electron chi connectivity index (χ4n) is 7.11. The molecule has 0 unspecified atom stereocenters. The first-order valence-corrected chi connectivity index (χ1v) is 13.9. The Bertz CT molecular complexity index is 1310. The largest absolute Gasteiger partial charge is 0.507 e. The summed E-state index contributed by atoms with van der Waals surface area (Å²) in [5.74, 6) is -2.38. The number of phenolic OH excluding ortho intramolecular Hbond substituents is 2. The Kier molecular flexibility index (Phi) is 7.46. The van der Waals surface area contributed by atoms with Crippen molar-refractivity contribution in [3.05, 3.63) is 52.1 Å². The summed E-state index contributed by atoms with van der Waals surface area (Å²) >= 11 is 0. The van der Waals surface area contributed by atoms with Crippen LogP contribution in [0.3, 0.4) is 0 Å². The molecule has 1 saturated heterocycles. The minimum atomic E-state index is -1.45. The number of carbonyl (C=O) groups is 2. The van der Waals surface area contributed by atoms with Crippen LogP contribution >= 0.6 is 0 Å². The summed E-state index contributed by atoms with van der Waals surface area (Å²) in [6, 6.07) is 1.17. The van der Waals surface area contributed by atoms with Gasteiger partial charge in [-0.05, 0) is 40.0 Å². The van der Waals surface area contributed by atoms with E-state index in [9.17, 15) is 30.0 Å². The zero-order chi connectivity index (χ0) is 29.0. The first kappa shape index (κ1) is 28.5. The number of ketones is 2. The lowest BCUT2D eigenvalue weighted by molar-refractivity contribution is -0.171. The van der Waals surface area contributed by atoms with E-state index in [4.69, 9.17) is 9.47 Å². The zero-order valence-corrected chi connectivity index (χ0v) is 23.6. The van der Waals surface area contributed by atoms with Crippen molar-refractivity contribution < 1.29 is 39.5 Å². The van der Waals surface area contributed by atoms with Crippen LogP contribution in [0.1, 0.15) is 50.0 Å². The molecule has 1 aromatic rings. The lowest BCUT2D eigenvalue weighted by Gasteiger charge is -2.59. The van der Waals surface area contributed by atoms with Gasteiger partial charge in [0.2, 0.25) is 0 Å². The molecule has 40 heavy (non-hydrogen) atoms. The first-order chi connectivity index (χ1) is 19.0. The average molecular weight is 554 g/mol. The van der Waals surface area contributed by atoms with Gasteiger partial charge in [0.05, 0.1) is 19.8 Å². The van der Waals surface area contributed by atoms with Gasteiger partial charge in [0.25, 0.3) is 0 Å². The van der Waals surface area contributed by atoms with Crippen molar-refractivity contribution in [1.82, 2.24) is 4.90 Å². The third-order valence-corrected chi connectivity index (χ3v) is 8.94. The number of hydrogen-bond acceptors (Lipinski definition) is 9. The van der Waals surface area contributed by atoms with Crippen LogP contribution in [0.4, 0.5) is 0 Å². The molecule has 2 fully saturated rings. The van der Waals surface area contributed by atoms with Crippen LogP contribution in [0.25, 0.3) is 0 Å². The Balaban J connectivity index is 1.72. The van der Waals surface area contributed by atoms with Crippen molar-refractivity contribution in [1.29, 1.82) is 0 Å². The van der Waals surface area contributed by atoms with Crippen LogP contribution < -0.4 is 4.74 Å². The van der Waals surface area contributed by atoms with Gasteiger partial charge in [0.1, 0.15) is 22.8 Å². The molecule has 1 spiro atoms. The van der Waals surface area contributed by atoms with Crippen molar-refractivity contribution in [3.8, 4) is 17.2 Å². The molecule has 4 bridgehead atoms. The van der Waals surface area contributed by atoms with E-state index in [0.29, 0.717) is 30.8 Å². The lowest BCUT2D eigenvalue weighted by atomic mass is 9.49. The van der Waals surface area contributed by atoms with E-state index in [1.54, 1.807) is 6.08 Å². The number of carbonyl (C=O) groups excluding carboxylic acids is 2. The topological polar surface area (TPSA) is 137 Å². The van der Waals surface area contributed by atoms with Crippen molar-refractivity contribution in [2.75, 3.05) is 39.5 Å². The van der Waals surface area contributed by atoms with Gasteiger partial charge >= 0.3 is 0 Å². The smallest absolute Gasteiger partial charge is 0.200 e. The van der Waals surface area contributed by atoms with Crippen molar-refractivity contribution in [3.63, 3.8) is 0 Å². The zero-order valence-electron chi connectivity index (χ0n) is 23.6. The van der Waals surface area contributed by atoms with Gasteiger partial charge in [-0.1, -0.05) is 29.4 Å². The number of nitrogens with zero attached hydrogens (tertiary/aromatic N) is 1. The monoisotopic (exact) mass is 553 g/mol. The third-order valence-electron chi connectivity index (χ3n) is 8.94. The second-order valence-corrected chi connectivity index (χ2v) is 11.9. The van der Waals surface area contributed by atoms with Crippen LogP contribution in [0, 0.1) is 17.8 Å². The number of fused-ring (bicyclic) bond motifs is 1. The summed E-state index contributed by atoms with van der Waals surface area (Å²) in [7, 11) is 0. The van der Waals surface area contributed by atoms with Gasteiger partial charge in [-0.25, -0.2) is 0 Å². The number of aliphatic hydroxyl groups excluding tert-OH is 2. The van der Waals surface area contributed by atoms with Crippen LogP contribution in [-0.4, -0.2) is 87.5 Å². The number of hydrogen-bond donors (Lipinski definition) is 4. The summed E-state index contributed by atoms with van der Waals surface area (Å²) in [5.41, 5.74) is -0.227. The number of ether oxygens (including phenoxy) is 2. The lowest BCUT2D eigenvalue weighted by Crippen LogP contribution is -2.74. The van der Waals surface area contributed by atoms with E-state index in [2.05, 4.69) is 0 Å². The van der Waals surface area contributed by atoms with Gasteiger partial charge in [0, 0.05) is 55.1 Å². The Morgan fingerprint density at radius 1 is 1.05 bits per heavy atom. The highest BCUT2D eigenvalue weighted by Crippen LogP contribution is 2.65. The van der Waals surface area contributed by atoms with Crippen molar-refractivity contribution >= 4 is 11.6 Å². The van der Waals surface area contributed by atoms with E-state index in [0.717, 1.165) is 11.1 Å². The van der Waals surface area contributed by atoms with E-state index in [1.165, 1.54) is 6.07 Å². The van der Waals surface area contributed by atoms with Crippen molar-refractivity contribution in [2.45, 2.75) is 51.7 Å². The van der Waals surface area contributed by atoms with Crippen molar-refractivity contribution in [2.24, 2.45) is 17.8 Å². The normalized spacial score (nSPS) is 29.6. The Morgan fingerprint density at radius 3 is 2.35 bits per heavy atom. The number of aromatic hydroxyl groups is 2. The molecule has 6 rings (SSSR count). The summed E-state index contributed by atoms with van der Waals surface area (Å²) in [6.45, 7) is 8.76. The minimum absolute atomic E-state index is 0.0117. The predicted octanol–water partition coefficient (Wildman–Crippen LogP) is 2.70. The number of allylic oxidation sites excluding steroid dienone is 4. The van der Waals surface area contributed by atoms with E-state index < -0.39 is 28.8 Å². The van der Waals surface area contributed by atoms with Gasteiger partial charge in [-0.3, -0.25) is 14.5 Å². The molecule has 3 aliphatic carbocycles. The molecule has 9 nitrogen and oxygen atoms in total. The Labute approximate surface area is 234 Å². The maximum Gasteiger partial charge on any atom is 0.200 e. The molecule has 1 aromatic carbocycles. The summed E-state index contributed by atoms with van der Waals surface area (Å²) in [6.07, 6.45) is 6.02. The molecule has 2 heterocycles. The van der Waals surface area contributed by atoms with Crippen LogP contribution in [0.2, 0.25) is 0 Å². The van der Waals surface area contributed by atoms with Gasteiger partial charge in [0.15, 0.2) is 22.8 Å². The highest BCUT2D eigenvalue weighted by atomic mass is 16.6. The highest BCUT2D eigenvalue weighted by Gasteiger charge is 2.79. The van der Waals surface area contributed by atoms with Gasteiger partial charge in [-0.15, -0.1) is 0 Å². The molecule has 9 heteroatoms. The fourth-order valence-corrected chi connectivity index (χ4v) is 7.11. The molecular weight excluding hydrogens is 514 g/mol. The van der Waals surface area contributed by atoms with Crippen LogP contribution in [0.5, 0.6) is 17.2 Å². The number of aliphatic hydroxyl groups is 2. The summed E-state index contributed by atoms with van der Waals surface area (Å²) < 4.78 is 13.3. The molecule has 1 saturated carbocycles. The molecular formula is C31H39NO8. The average Bonchev–Trinajstić information content (AvgIpc) is 3.17. The maximum atomic E-state index is 14.4. The summed E-state index contributed by atoms with van der Waals surface area (Å²) in [4.78, 5) is 30.5. The molecule has 0 radical (unpaired) electrons. The van der Waals surface area contributed by atoms with Crippen LogP contribution in [-0.2, 0) is 16.0 Å². The number of Topliss-reactive ketones (excluding diaryl/α,β-unsaturated/α-hetero) is 2. The van der Waals surface area contributed by atoms with E-state index >= 15 is 0 Å². The second-order valence-electron chi connectivity index (χ2n) is 11.9. The van der Waals surface area contributed by atoms with Gasteiger partial charge in [-0.2, -0.15) is 0 Å². The molecule has 2 aliphatic heterocycles. The molecule has 0 aromatic heterocycles. The first-order valence-electron chi connectivity index (χ1n) is 13.9. The third kappa shape index (κ3) is 4.05. The minimum Gasteiger partial charge on any atom is -0.507 e. The Morgan fingerprint density at radius 2 is 1.73 bits per heavy atom. The Hall–Kier alpha value is -2.98. The van der Waals surface area contributed by atoms with E-state index in [-0.39, 0.29) is 67.2 Å². The quantitative estimate of drug-likeness (QED) is 0.322. The SMILES string of the molecule is CC(C)=CCc1c(O)cc(O)c2c1O[C@@]13C(=C[C@H]4C(=O)[C@]1(CC=C(C)C)OC[C@@H]3[C@H]4CN(CCO)CCO)C2=O. The fraction of sp³-hybridized carbons (Fsp3) is 0.548. The summed E-state index contributed by atoms with van der Waals surface area (Å²) in [5, 5.41) is 40.9. The second kappa shape index (κ2) is 10.4. The highest BCUT2D eigenvalue weighted by molar-refractivity contribution is 6.18. The molecule has 4 N–H and O–H groups in total. The molecule has 216 valence electrons. The number of phenols is 2. The molecule has 5 atom stereocenters. The number of benzene rings is 1. The van der Waals surface area contributed by atoms with Crippen LogP contribution in [0.15, 0.2) is 41.0 Å². The number of rotatable bonds is 10. The van der Waals surface area contributed by atoms with E-state index in [1.807, 2.05) is 44.7 Å². The maximum absolute atomic E-state index is 14.4. The molecule has 0 amide bonds. The molecule has 5 aliphatic rings. The van der Waals surface area contributed by atoms with Gasteiger partial charge < -0.3 is 29.9 Å². The predicted molar refractivity (Wildman–Crippen MR) is 147 cm³/mol. The standard InChI is InChI=1S/C31H39NO8/c1-17(2)5-6-19-24(35)14-25(36)26-27(37)22-13-20-21(15-32(9-11-33)10-12-34)23-16-39-30(29(20)38,8-7-18(3)4)31(22,23)40-28(19)26/h5,7,13-14,20-21,23,33-36H,6,8-12,15-16H2,1-4H3/t20-,21+,23-,30+,31-/m1/s1.